The Morgan fingerprint density at radius 1 is 1.29 bits per heavy atom. The van der Waals surface area contributed by atoms with Crippen molar-refractivity contribution in [3.8, 4) is 0 Å². The highest BCUT2D eigenvalue weighted by Crippen LogP contribution is 2.31. The van der Waals surface area contributed by atoms with Gasteiger partial charge >= 0.3 is 0 Å². The van der Waals surface area contributed by atoms with Gasteiger partial charge in [0.25, 0.3) is 0 Å². The molecule has 1 aliphatic rings. The first-order valence-electron chi connectivity index (χ1n) is 7.87. The highest BCUT2D eigenvalue weighted by molar-refractivity contribution is 7.17. The molecule has 0 bridgehead atoms. The van der Waals surface area contributed by atoms with E-state index in [2.05, 4.69) is 67.6 Å². The van der Waals surface area contributed by atoms with E-state index in [9.17, 15) is 0 Å². The second-order valence-electron chi connectivity index (χ2n) is 7.38. The molecule has 0 amide bonds. The summed E-state index contributed by atoms with van der Waals surface area (Å²) in [5.74, 6) is 0. The molecule has 3 rings (SSSR count). The van der Waals surface area contributed by atoms with Crippen LogP contribution in [0, 0.1) is 5.41 Å². The third-order valence-electron chi connectivity index (χ3n) is 4.54. The summed E-state index contributed by atoms with van der Waals surface area (Å²) < 4.78 is 1.41. The molecule has 3 heteroatoms. The van der Waals surface area contributed by atoms with E-state index in [0.29, 0.717) is 17.5 Å². The lowest BCUT2D eigenvalue weighted by molar-refractivity contribution is 0.0530. The fourth-order valence-corrected chi connectivity index (χ4v) is 4.34. The molecule has 1 saturated heterocycles. The first-order chi connectivity index (χ1) is 9.95. The number of rotatable bonds is 2. The Morgan fingerprint density at radius 2 is 2.05 bits per heavy atom. The maximum Gasteiger partial charge on any atom is 0.0346 e. The summed E-state index contributed by atoms with van der Waals surface area (Å²) in [4.78, 5) is 2.68. The van der Waals surface area contributed by atoms with Crippen LogP contribution in [0.1, 0.15) is 33.3 Å². The number of piperazine rings is 1. The number of thiophene rings is 1. The second kappa shape index (κ2) is 5.71. The Kier molecular flexibility index (Phi) is 4.08. The maximum absolute atomic E-state index is 3.65. The van der Waals surface area contributed by atoms with Gasteiger partial charge in [0.05, 0.1) is 0 Å². The molecule has 0 radical (unpaired) electrons. The van der Waals surface area contributed by atoms with Crippen molar-refractivity contribution in [3.05, 3.63) is 35.2 Å². The van der Waals surface area contributed by atoms with Gasteiger partial charge in [-0.25, -0.2) is 0 Å². The number of fused-ring (bicyclic) bond motifs is 1. The first kappa shape index (κ1) is 15.0. The third-order valence-corrected chi connectivity index (χ3v) is 5.56. The van der Waals surface area contributed by atoms with Crippen molar-refractivity contribution in [2.75, 3.05) is 13.1 Å². The van der Waals surface area contributed by atoms with E-state index in [1.807, 2.05) is 11.3 Å². The fourth-order valence-electron chi connectivity index (χ4n) is 3.39. The van der Waals surface area contributed by atoms with Crippen molar-refractivity contribution in [3.63, 3.8) is 0 Å². The van der Waals surface area contributed by atoms with Crippen LogP contribution in [0.4, 0.5) is 0 Å². The topological polar surface area (TPSA) is 15.3 Å². The van der Waals surface area contributed by atoms with E-state index in [1.54, 1.807) is 0 Å². The summed E-state index contributed by atoms with van der Waals surface area (Å²) >= 11 is 1.87. The lowest BCUT2D eigenvalue weighted by atomic mass is 9.83. The molecular formula is C18H26N2S. The third kappa shape index (κ3) is 3.15. The molecule has 2 unspecified atom stereocenters. The molecule has 1 fully saturated rings. The predicted molar refractivity (Wildman–Crippen MR) is 92.9 cm³/mol. The maximum atomic E-state index is 3.65. The van der Waals surface area contributed by atoms with Crippen molar-refractivity contribution >= 4 is 21.4 Å². The quantitative estimate of drug-likeness (QED) is 0.898. The highest BCUT2D eigenvalue weighted by atomic mass is 32.1. The van der Waals surface area contributed by atoms with Crippen molar-refractivity contribution in [2.45, 2.75) is 46.3 Å². The van der Waals surface area contributed by atoms with Crippen molar-refractivity contribution in [2.24, 2.45) is 5.41 Å². The van der Waals surface area contributed by atoms with Gasteiger partial charge in [-0.15, -0.1) is 11.3 Å². The van der Waals surface area contributed by atoms with E-state index in [4.69, 9.17) is 0 Å². The van der Waals surface area contributed by atoms with Gasteiger partial charge in [0, 0.05) is 36.4 Å². The highest BCUT2D eigenvalue weighted by Gasteiger charge is 2.34. The zero-order chi connectivity index (χ0) is 15.0. The van der Waals surface area contributed by atoms with Crippen molar-refractivity contribution < 1.29 is 0 Å². The molecule has 2 aromatic rings. The largest absolute Gasteiger partial charge is 0.311 e. The summed E-state index contributed by atoms with van der Waals surface area (Å²) in [6.07, 6.45) is 0. The number of nitrogens with one attached hydrogen (secondary N) is 1. The zero-order valence-corrected chi connectivity index (χ0v) is 14.3. The van der Waals surface area contributed by atoms with Crippen LogP contribution in [0.25, 0.3) is 10.1 Å². The van der Waals surface area contributed by atoms with E-state index in [1.165, 1.54) is 15.6 Å². The van der Waals surface area contributed by atoms with Gasteiger partial charge in [0.2, 0.25) is 0 Å². The van der Waals surface area contributed by atoms with Crippen molar-refractivity contribution in [1.82, 2.24) is 10.2 Å². The van der Waals surface area contributed by atoms with Crippen LogP contribution in [0.5, 0.6) is 0 Å². The van der Waals surface area contributed by atoms with E-state index in [0.717, 1.165) is 19.6 Å². The summed E-state index contributed by atoms with van der Waals surface area (Å²) in [6, 6.07) is 9.94. The zero-order valence-electron chi connectivity index (χ0n) is 13.5. The van der Waals surface area contributed by atoms with Crippen LogP contribution < -0.4 is 5.32 Å². The molecule has 1 N–H and O–H groups in total. The summed E-state index contributed by atoms with van der Waals surface area (Å²) in [7, 11) is 0. The van der Waals surface area contributed by atoms with Gasteiger partial charge < -0.3 is 5.32 Å². The molecule has 0 aliphatic carbocycles. The van der Waals surface area contributed by atoms with Gasteiger partial charge in [-0.2, -0.15) is 0 Å². The molecule has 2 atom stereocenters. The summed E-state index contributed by atoms with van der Waals surface area (Å²) in [6.45, 7) is 12.6. The Balaban J connectivity index is 1.87. The van der Waals surface area contributed by atoms with Crippen LogP contribution in [0.15, 0.2) is 29.6 Å². The Labute approximate surface area is 132 Å². The van der Waals surface area contributed by atoms with Crippen LogP contribution in [-0.4, -0.2) is 30.1 Å². The van der Waals surface area contributed by atoms with Gasteiger partial charge in [0.15, 0.2) is 0 Å². The standard InChI is InChI=1S/C18H26N2S/c1-13-10-20(17(9-19-13)18(2,3)4)11-14-12-21-16-8-6-5-7-15(14)16/h5-8,12-13,17,19H,9-11H2,1-4H3. The Bertz CT molecular complexity index is 611. The lowest BCUT2D eigenvalue weighted by Crippen LogP contribution is -2.59. The molecule has 21 heavy (non-hydrogen) atoms. The molecule has 2 nitrogen and oxygen atoms in total. The first-order valence-corrected chi connectivity index (χ1v) is 8.75. The Hall–Kier alpha value is -0.900. The average molecular weight is 302 g/mol. The predicted octanol–water partition coefficient (Wildman–Crippen LogP) is 4.11. The van der Waals surface area contributed by atoms with Crippen LogP contribution in [0.3, 0.4) is 0 Å². The summed E-state index contributed by atoms with van der Waals surface area (Å²) in [5, 5.41) is 7.42. The number of hydrogen-bond donors (Lipinski definition) is 1. The molecule has 0 spiro atoms. The van der Waals surface area contributed by atoms with Crippen LogP contribution in [-0.2, 0) is 6.54 Å². The molecule has 0 saturated carbocycles. The smallest absolute Gasteiger partial charge is 0.0346 e. The fraction of sp³-hybridized carbons (Fsp3) is 0.556. The molecule has 2 heterocycles. The van der Waals surface area contributed by atoms with Crippen LogP contribution in [0.2, 0.25) is 0 Å². The minimum atomic E-state index is 0.305. The van der Waals surface area contributed by atoms with E-state index in [-0.39, 0.29) is 0 Å². The van der Waals surface area contributed by atoms with E-state index < -0.39 is 0 Å². The van der Waals surface area contributed by atoms with Gasteiger partial charge in [-0.1, -0.05) is 39.0 Å². The number of benzene rings is 1. The van der Waals surface area contributed by atoms with Crippen molar-refractivity contribution in [1.29, 1.82) is 0 Å². The minimum Gasteiger partial charge on any atom is -0.311 e. The number of hydrogen-bond acceptors (Lipinski definition) is 3. The normalized spacial score (nSPS) is 24.6. The van der Waals surface area contributed by atoms with Crippen LogP contribution >= 0.6 is 11.3 Å². The average Bonchev–Trinajstić information content (AvgIpc) is 2.81. The lowest BCUT2D eigenvalue weighted by Gasteiger charge is -2.45. The monoisotopic (exact) mass is 302 g/mol. The molecule has 114 valence electrons. The molecule has 1 aromatic carbocycles. The second-order valence-corrected chi connectivity index (χ2v) is 8.29. The van der Waals surface area contributed by atoms with E-state index >= 15 is 0 Å². The molecule has 1 aromatic heterocycles. The van der Waals surface area contributed by atoms with Gasteiger partial charge in [-0.3, -0.25) is 4.90 Å². The Morgan fingerprint density at radius 3 is 2.81 bits per heavy atom. The SMILES string of the molecule is CC1CN(Cc2csc3ccccc23)C(C(C)(C)C)CN1. The number of nitrogens with zero attached hydrogens (tertiary/aromatic N) is 1. The van der Waals surface area contributed by atoms with Gasteiger partial charge in [-0.05, 0) is 34.7 Å². The molecular weight excluding hydrogens is 276 g/mol. The summed E-state index contributed by atoms with van der Waals surface area (Å²) in [5.41, 5.74) is 1.79. The minimum absolute atomic E-state index is 0.305. The van der Waals surface area contributed by atoms with Gasteiger partial charge in [0.1, 0.15) is 0 Å². The molecule has 1 aliphatic heterocycles.